The Balaban J connectivity index is 2.56. The molecule has 2 rings (SSSR count). The minimum Gasteiger partial charge on any atom is -0.506 e. The molecule has 1 unspecified atom stereocenters. The number of hydrogen-bond acceptors (Lipinski definition) is 3. The van der Waals surface area contributed by atoms with Gasteiger partial charge in [-0.1, -0.05) is 6.07 Å². The van der Waals surface area contributed by atoms with Gasteiger partial charge in [0.15, 0.2) is 0 Å². The van der Waals surface area contributed by atoms with Crippen molar-refractivity contribution >= 4 is 11.4 Å². The van der Waals surface area contributed by atoms with Crippen molar-refractivity contribution in [1.82, 2.24) is 0 Å². The molecule has 0 aliphatic carbocycles. The van der Waals surface area contributed by atoms with E-state index in [-0.39, 0.29) is 11.8 Å². The lowest BCUT2D eigenvalue weighted by Crippen LogP contribution is -2.18. The number of phenols is 1. The van der Waals surface area contributed by atoms with Gasteiger partial charge < -0.3 is 15.2 Å². The first-order valence-corrected chi connectivity index (χ1v) is 4.57. The summed E-state index contributed by atoms with van der Waals surface area (Å²) in [5.41, 5.74) is 1.66. The number of nitrogens with one attached hydrogen (secondary N) is 1. The fourth-order valence-corrected chi connectivity index (χ4v) is 1.66. The molecule has 0 bridgehead atoms. The summed E-state index contributed by atoms with van der Waals surface area (Å²) in [7, 11) is 1.64. The highest BCUT2D eigenvalue weighted by atomic mass is 16.5. The third kappa shape index (κ3) is 1.31. The van der Waals surface area contributed by atoms with Gasteiger partial charge in [0.2, 0.25) is 0 Å². The number of phenolic OH excluding ortho intramolecular Hbond substituents is 1. The Kier molecular flexibility index (Phi) is 2.08. The molecule has 14 heavy (non-hydrogen) atoms. The highest BCUT2D eigenvalue weighted by molar-refractivity contribution is 5.80. The van der Waals surface area contributed by atoms with Crippen LogP contribution < -0.4 is 5.32 Å². The lowest BCUT2D eigenvalue weighted by Gasteiger charge is -2.23. The number of fused-ring (bicyclic) bond motifs is 1. The van der Waals surface area contributed by atoms with E-state index in [4.69, 9.17) is 4.74 Å². The summed E-state index contributed by atoms with van der Waals surface area (Å²) in [4.78, 5) is 0. The molecule has 3 nitrogen and oxygen atoms in total. The molecular formula is C11H13NO2. The van der Waals surface area contributed by atoms with Gasteiger partial charge >= 0.3 is 0 Å². The minimum atomic E-state index is 0.172. The molecule has 1 aromatic carbocycles. The molecule has 1 atom stereocenters. The van der Waals surface area contributed by atoms with Gasteiger partial charge in [0.1, 0.15) is 11.5 Å². The zero-order chi connectivity index (χ0) is 10.1. The molecule has 1 heterocycles. The summed E-state index contributed by atoms with van der Waals surface area (Å²) < 4.78 is 5.25. The molecular weight excluding hydrogens is 178 g/mol. The van der Waals surface area contributed by atoms with Crippen molar-refractivity contribution in [3.63, 3.8) is 0 Å². The Bertz CT molecular complexity index is 385. The van der Waals surface area contributed by atoms with Gasteiger partial charge in [-0.05, 0) is 25.1 Å². The zero-order valence-electron chi connectivity index (χ0n) is 8.24. The monoisotopic (exact) mass is 191 g/mol. The van der Waals surface area contributed by atoms with Crippen molar-refractivity contribution < 1.29 is 9.84 Å². The maximum atomic E-state index is 9.64. The highest BCUT2D eigenvalue weighted by Gasteiger charge is 2.18. The minimum absolute atomic E-state index is 0.172. The lowest BCUT2D eigenvalue weighted by atomic mass is 10.0. The molecule has 0 spiro atoms. The number of para-hydroxylation sites is 1. The van der Waals surface area contributed by atoms with Gasteiger partial charge in [0.25, 0.3) is 0 Å². The summed E-state index contributed by atoms with van der Waals surface area (Å²) in [6.45, 7) is 2.01. The van der Waals surface area contributed by atoms with Crippen LogP contribution in [0.3, 0.4) is 0 Å². The Morgan fingerprint density at radius 1 is 1.43 bits per heavy atom. The number of benzene rings is 1. The zero-order valence-corrected chi connectivity index (χ0v) is 8.24. The van der Waals surface area contributed by atoms with E-state index in [0.29, 0.717) is 0 Å². The van der Waals surface area contributed by atoms with Crippen molar-refractivity contribution in [3.8, 4) is 5.75 Å². The van der Waals surface area contributed by atoms with Crippen LogP contribution in [0.5, 0.6) is 5.75 Å². The Morgan fingerprint density at radius 2 is 2.21 bits per heavy atom. The predicted molar refractivity (Wildman–Crippen MR) is 56.2 cm³/mol. The normalized spacial score (nSPS) is 19.3. The number of aromatic hydroxyl groups is 1. The summed E-state index contributed by atoms with van der Waals surface area (Å²) in [6.07, 6.45) is 1.99. The standard InChI is InChI=1S/C11H13NO2/c1-7-6-10(14-2)8-4-3-5-9(13)11(8)12-7/h3-7,12-13H,1-2H3. The molecule has 74 valence electrons. The van der Waals surface area contributed by atoms with Crippen LogP contribution in [-0.2, 0) is 4.74 Å². The molecule has 0 radical (unpaired) electrons. The quantitative estimate of drug-likeness (QED) is 0.668. The van der Waals surface area contributed by atoms with Crippen LogP contribution in [-0.4, -0.2) is 18.3 Å². The summed E-state index contributed by atoms with van der Waals surface area (Å²) >= 11 is 0. The number of anilines is 1. The fraction of sp³-hybridized carbons (Fsp3) is 0.273. The summed E-state index contributed by atoms with van der Waals surface area (Å²) in [5, 5.41) is 12.8. The lowest BCUT2D eigenvalue weighted by molar-refractivity contribution is 0.367. The number of rotatable bonds is 1. The van der Waals surface area contributed by atoms with Crippen LogP contribution in [0.4, 0.5) is 5.69 Å². The van der Waals surface area contributed by atoms with E-state index in [1.807, 2.05) is 19.1 Å². The first-order chi connectivity index (χ1) is 6.72. The molecule has 1 aromatic rings. The maximum absolute atomic E-state index is 9.64. The maximum Gasteiger partial charge on any atom is 0.139 e. The van der Waals surface area contributed by atoms with E-state index in [0.717, 1.165) is 17.0 Å². The third-order valence-corrected chi connectivity index (χ3v) is 2.30. The van der Waals surface area contributed by atoms with Crippen LogP contribution in [0.25, 0.3) is 5.76 Å². The molecule has 1 aliphatic heterocycles. The second-order valence-electron chi connectivity index (χ2n) is 3.37. The molecule has 0 amide bonds. The van der Waals surface area contributed by atoms with Gasteiger partial charge in [-0.2, -0.15) is 0 Å². The molecule has 0 saturated heterocycles. The van der Waals surface area contributed by atoms with Crippen molar-refractivity contribution in [3.05, 3.63) is 29.8 Å². The SMILES string of the molecule is COC1=CC(C)Nc2c(O)cccc21. The Hall–Kier alpha value is -1.64. The van der Waals surface area contributed by atoms with Crippen LogP contribution in [0.2, 0.25) is 0 Å². The van der Waals surface area contributed by atoms with Crippen LogP contribution in [0, 0.1) is 0 Å². The number of ether oxygens (including phenoxy) is 1. The molecule has 2 N–H and O–H groups in total. The van der Waals surface area contributed by atoms with Gasteiger partial charge in [0, 0.05) is 11.6 Å². The summed E-state index contributed by atoms with van der Waals surface area (Å²) in [5.74, 6) is 1.07. The molecule has 3 heteroatoms. The predicted octanol–water partition coefficient (Wildman–Crippen LogP) is 2.19. The largest absolute Gasteiger partial charge is 0.506 e. The summed E-state index contributed by atoms with van der Waals surface area (Å²) in [6, 6.07) is 5.56. The molecule has 0 fully saturated rings. The first-order valence-electron chi connectivity index (χ1n) is 4.57. The van der Waals surface area contributed by atoms with E-state index in [9.17, 15) is 5.11 Å². The van der Waals surface area contributed by atoms with Gasteiger partial charge in [-0.15, -0.1) is 0 Å². The van der Waals surface area contributed by atoms with E-state index in [1.165, 1.54) is 0 Å². The average Bonchev–Trinajstić information content (AvgIpc) is 2.18. The van der Waals surface area contributed by atoms with E-state index in [2.05, 4.69) is 5.32 Å². The Morgan fingerprint density at radius 3 is 2.93 bits per heavy atom. The van der Waals surface area contributed by atoms with Crippen molar-refractivity contribution in [2.24, 2.45) is 0 Å². The van der Waals surface area contributed by atoms with Gasteiger partial charge in [-0.3, -0.25) is 0 Å². The second-order valence-corrected chi connectivity index (χ2v) is 3.37. The smallest absolute Gasteiger partial charge is 0.139 e. The number of hydrogen-bond donors (Lipinski definition) is 2. The Labute approximate surface area is 83.0 Å². The molecule has 0 saturated carbocycles. The van der Waals surface area contributed by atoms with Crippen molar-refractivity contribution in [2.45, 2.75) is 13.0 Å². The van der Waals surface area contributed by atoms with Crippen molar-refractivity contribution in [2.75, 3.05) is 12.4 Å². The van der Waals surface area contributed by atoms with Crippen LogP contribution >= 0.6 is 0 Å². The number of methoxy groups -OCH3 is 1. The second kappa shape index (κ2) is 3.25. The van der Waals surface area contributed by atoms with E-state index in [1.54, 1.807) is 19.2 Å². The van der Waals surface area contributed by atoms with Crippen LogP contribution in [0.1, 0.15) is 12.5 Å². The van der Waals surface area contributed by atoms with E-state index >= 15 is 0 Å². The van der Waals surface area contributed by atoms with E-state index < -0.39 is 0 Å². The fourth-order valence-electron chi connectivity index (χ4n) is 1.66. The topological polar surface area (TPSA) is 41.5 Å². The van der Waals surface area contributed by atoms with Gasteiger partial charge in [0.05, 0.1) is 12.8 Å². The molecule has 0 aromatic heterocycles. The molecule has 1 aliphatic rings. The highest BCUT2D eigenvalue weighted by Crippen LogP contribution is 2.36. The first kappa shape index (κ1) is 8.94. The van der Waals surface area contributed by atoms with Gasteiger partial charge in [-0.25, -0.2) is 0 Å². The average molecular weight is 191 g/mol. The third-order valence-electron chi connectivity index (χ3n) is 2.30. The van der Waals surface area contributed by atoms with Crippen LogP contribution in [0.15, 0.2) is 24.3 Å². The van der Waals surface area contributed by atoms with Crippen molar-refractivity contribution in [1.29, 1.82) is 0 Å².